The molecule has 5 N–H and O–H groups in total. The smallest absolute Gasteiger partial charge is 0.243 e. The first kappa shape index (κ1) is 35.1. The number of epoxide rings is 1. The normalized spacial score (nSPS) is 18.9. The van der Waals surface area contributed by atoms with Crippen molar-refractivity contribution in [3.05, 3.63) is 71.8 Å². The Labute approximate surface area is 274 Å². The molecule has 0 spiro atoms. The SMILES string of the molecule is CC[C@]1(C(=O)CNC(=O)[C@H](Cc2ccccc2)NC(=O)CNC(=O)[C@H](CCc2ccccc2)NC(=O)CNN2CCSCC2)CO1. The highest BCUT2D eigenvalue weighted by molar-refractivity contribution is 7.99. The number of carbonyl (C=O) groups excluding carboxylic acids is 5. The Kier molecular flexibility index (Phi) is 13.6. The summed E-state index contributed by atoms with van der Waals surface area (Å²) in [5.41, 5.74) is 4.12. The second kappa shape index (κ2) is 17.8. The Balaban J connectivity index is 1.32. The second-order valence-electron chi connectivity index (χ2n) is 11.4. The van der Waals surface area contributed by atoms with Gasteiger partial charge in [-0.2, -0.15) is 11.8 Å². The third-order valence-electron chi connectivity index (χ3n) is 8.04. The third kappa shape index (κ3) is 11.2. The number of rotatable bonds is 18. The van der Waals surface area contributed by atoms with Gasteiger partial charge in [0.1, 0.15) is 12.1 Å². The molecular weight excluding hydrogens is 608 g/mol. The van der Waals surface area contributed by atoms with E-state index in [1.54, 1.807) is 0 Å². The van der Waals surface area contributed by atoms with Gasteiger partial charge in [-0.3, -0.25) is 24.0 Å². The standard InChI is InChI=1S/C33H44N6O6S/c1-2-33(23-45-33)28(40)20-34-32(44)27(19-25-11-7-4-8-12-25)38-29(41)21-35-31(43)26(14-13-24-9-5-3-6-10-24)37-30(42)22-36-39-15-17-46-18-16-39/h3-12,26-27,36H,2,13-23H2,1H3,(H,34,44)(H,35,43)(H,37,42)(H,38,41)/t26-,27-,33+/m0/s1. The van der Waals surface area contributed by atoms with Crippen molar-refractivity contribution in [2.24, 2.45) is 0 Å². The largest absolute Gasteiger partial charge is 0.361 e. The van der Waals surface area contributed by atoms with E-state index < -0.39 is 42.0 Å². The molecule has 0 saturated carbocycles. The van der Waals surface area contributed by atoms with Crippen LogP contribution in [0.4, 0.5) is 0 Å². The van der Waals surface area contributed by atoms with E-state index in [0.717, 1.165) is 35.7 Å². The van der Waals surface area contributed by atoms with E-state index in [1.165, 1.54) is 0 Å². The predicted octanol–water partition coefficient (Wildman–Crippen LogP) is 0.365. The molecule has 4 rings (SSSR count). The first-order chi connectivity index (χ1) is 22.3. The molecule has 2 aromatic carbocycles. The first-order valence-corrected chi connectivity index (χ1v) is 16.9. The average molecular weight is 653 g/mol. The molecule has 13 heteroatoms. The van der Waals surface area contributed by atoms with Gasteiger partial charge in [-0.25, -0.2) is 10.4 Å². The van der Waals surface area contributed by atoms with Gasteiger partial charge in [0.15, 0.2) is 11.4 Å². The van der Waals surface area contributed by atoms with Crippen molar-refractivity contribution in [1.29, 1.82) is 0 Å². The van der Waals surface area contributed by atoms with Crippen LogP contribution < -0.4 is 26.7 Å². The quantitative estimate of drug-likeness (QED) is 0.143. The number of thioether (sulfide) groups is 1. The number of ketones is 1. The van der Waals surface area contributed by atoms with E-state index >= 15 is 0 Å². The van der Waals surface area contributed by atoms with Gasteiger partial charge in [-0.15, -0.1) is 0 Å². The van der Waals surface area contributed by atoms with Gasteiger partial charge in [-0.1, -0.05) is 67.6 Å². The zero-order valence-corrected chi connectivity index (χ0v) is 27.0. The van der Waals surface area contributed by atoms with Gasteiger partial charge in [0.2, 0.25) is 23.6 Å². The zero-order chi connectivity index (χ0) is 32.8. The van der Waals surface area contributed by atoms with Crippen LogP contribution in [0.5, 0.6) is 0 Å². The summed E-state index contributed by atoms with van der Waals surface area (Å²) in [6.45, 7) is 3.27. The number of nitrogens with one attached hydrogen (secondary N) is 5. The maximum absolute atomic E-state index is 13.3. The molecule has 2 aliphatic rings. The molecule has 0 unspecified atom stereocenters. The van der Waals surface area contributed by atoms with Gasteiger partial charge in [0, 0.05) is 31.0 Å². The molecule has 248 valence electrons. The topological polar surface area (TPSA) is 161 Å². The van der Waals surface area contributed by atoms with Gasteiger partial charge in [-0.05, 0) is 30.4 Å². The Bertz CT molecular complexity index is 1320. The Hall–Kier alpha value is -3.78. The number of nitrogens with zero attached hydrogens (tertiary/aromatic N) is 1. The maximum atomic E-state index is 13.3. The molecule has 4 amide bonds. The summed E-state index contributed by atoms with van der Waals surface area (Å²) in [4.78, 5) is 64.7. The van der Waals surface area contributed by atoms with Crippen molar-refractivity contribution >= 4 is 41.2 Å². The number of amides is 4. The number of benzene rings is 2. The number of ether oxygens (including phenoxy) is 1. The summed E-state index contributed by atoms with van der Waals surface area (Å²) in [6, 6.07) is 17.0. The molecule has 0 bridgehead atoms. The predicted molar refractivity (Wildman–Crippen MR) is 176 cm³/mol. The lowest BCUT2D eigenvalue weighted by molar-refractivity contribution is -0.132. The van der Waals surface area contributed by atoms with Crippen molar-refractivity contribution in [1.82, 2.24) is 31.7 Å². The van der Waals surface area contributed by atoms with Crippen LogP contribution in [-0.2, 0) is 41.6 Å². The minimum Gasteiger partial charge on any atom is -0.361 e. The fourth-order valence-electron chi connectivity index (χ4n) is 5.07. The van der Waals surface area contributed by atoms with E-state index in [1.807, 2.05) is 84.4 Å². The van der Waals surface area contributed by atoms with Crippen molar-refractivity contribution in [3.63, 3.8) is 0 Å². The highest BCUT2D eigenvalue weighted by Gasteiger charge is 2.49. The number of carbonyl (C=O) groups is 5. The molecule has 2 aliphatic heterocycles. The molecule has 0 aliphatic carbocycles. The Morgan fingerprint density at radius 1 is 0.804 bits per heavy atom. The summed E-state index contributed by atoms with van der Waals surface area (Å²) in [5.74, 6) is -0.169. The fourth-order valence-corrected chi connectivity index (χ4v) is 5.97. The van der Waals surface area contributed by atoms with Gasteiger partial charge >= 0.3 is 0 Å². The average Bonchev–Trinajstić information content (AvgIpc) is 3.89. The van der Waals surface area contributed by atoms with Crippen LogP contribution in [0.3, 0.4) is 0 Å². The number of hydrogen-bond acceptors (Lipinski definition) is 9. The number of aryl methyl sites for hydroxylation is 1. The lowest BCUT2D eigenvalue weighted by Crippen LogP contribution is -2.54. The summed E-state index contributed by atoms with van der Waals surface area (Å²) in [6.07, 6.45) is 1.59. The highest BCUT2D eigenvalue weighted by Crippen LogP contribution is 2.31. The first-order valence-electron chi connectivity index (χ1n) is 15.7. The number of hydrazine groups is 1. The minimum atomic E-state index is -0.981. The van der Waals surface area contributed by atoms with Crippen molar-refractivity contribution in [2.75, 3.05) is 50.8 Å². The van der Waals surface area contributed by atoms with Crippen LogP contribution in [0, 0.1) is 0 Å². The summed E-state index contributed by atoms with van der Waals surface area (Å²) < 4.78 is 5.30. The monoisotopic (exact) mass is 652 g/mol. The van der Waals surface area contributed by atoms with Gasteiger partial charge in [0.05, 0.1) is 26.2 Å². The molecule has 2 heterocycles. The van der Waals surface area contributed by atoms with E-state index in [0.29, 0.717) is 25.9 Å². The Morgan fingerprint density at radius 3 is 2.00 bits per heavy atom. The van der Waals surface area contributed by atoms with E-state index in [2.05, 4.69) is 26.7 Å². The second-order valence-corrected chi connectivity index (χ2v) is 12.6. The third-order valence-corrected chi connectivity index (χ3v) is 8.99. The van der Waals surface area contributed by atoms with Crippen LogP contribution in [-0.4, -0.2) is 103 Å². The van der Waals surface area contributed by atoms with Crippen molar-refractivity contribution in [3.8, 4) is 0 Å². The van der Waals surface area contributed by atoms with E-state index in [-0.39, 0.29) is 31.2 Å². The lowest BCUT2D eigenvalue weighted by atomic mass is 10.0. The van der Waals surface area contributed by atoms with Crippen molar-refractivity contribution in [2.45, 2.75) is 50.3 Å². The number of hydrogen-bond donors (Lipinski definition) is 5. The molecule has 3 atom stereocenters. The minimum absolute atomic E-state index is 0.0323. The van der Waals surface area contributed by atoms with E-state index in [9.17, 15) is 24.0 Å². The van der Waals surface area contributed by atoms with Crippen LogP contribution in [0.1, 0.15) is 30.9 Å². The van der Waals surface area contributed by atoms with Gasteiger partial charge < -0.3 is 26.0 Å². The highest BCUT2D eigenvalue weighted by atomic mass is 32.2. The summed E-state index contributed by atoms with van der Waals surface area (Å²) >= 11 is 1.86. The molecule has 2 saturated heterocycles. The van der Waals surface area contributed by atoms with Crippen LogP contribution in [0.25, 0.3) is 0 Å². The Morgan fingerprint density at radius 2 is 1.37 bits per heavy atom. The van der Waals surface area contributed by atoms with Crippen molar-refractivity contribution < 1.29 is 28.7 Å². The molecule has 12 nitrogen and oxygen atoms in total. The van der Waals surface area contributed by atoms with Crippen LogP contribution >= 0.6 is 11.8 Å². The van der Waals surface area contributed by atoms with Gasteiger partial charge in [0.25, 0.3) is 0 Å². The van der Waals surface area contributed by atoms with Crippen LogP contribution in [0.2, 0.25) is 0 Å². The fraction of sp³-hybridized carbons (Fsp3) is 0.485. The molecule has 2 aromatic rings. The van der Waals surface area contributed by atoms with E-state index in [4.69, 9.17) is 4.74 Å². The van der Waals surface area contributed by atoms with Crippen LogP contribution in [0.15, 0.2) is 60.7 Å². The summed E-state index contributed by atoms with van der Waals surface area (Å²) in [7, 11) is 0. The molecule has 46 heavy (non-hydrogen) atoms. The zero-order valence-electron chi connectivity index (χ0n) is 26.2. The molecular formula is C33H44N6O6S. The lowest BCUT2D eigenvalue weighted by Gasteiger charge is -2.27. The maximum Gasteiger partial charge on any atom is 0.243 e. The molecule has 0 aromatic heterocycles. The number of Topliss-reactive ketones (excluding diaryl/α,β-unsaturated/α-hetero) is 1. The molecule has 2 fully saturated rings. The molecule has 0 radical (unpaired) electrons. The summed E-state index contributed by atoms with van der Waals surface area (Å²) in [5, 5.41) is 12.8.